The number of hydrogen-bond acceptors (Lipinski definition) is 4. The van der Waals surface area contributed by atoms with Crippen molar-refractivity contribution in [2.24, 2.45) is 0 Å². The number of hydrogen-bond donors (Lipinski definition) is 1. The standard InChI is InChI=1S/C18H15FN2O3/c1-11(2)24-18(23)13-4-6-14(7-5-13)21-17(22)15-8-3-12(10-20)9-16(15)19/h3-9,11H,1-2H3,(H,21,22). The van der Waals surface area contributed by atoms with Gasteiger partial charge in [-0.15, -0.1) is 0 Å². The fourth-order valence-electron chi connectivity index (χ4n) is 1.94. The highest BCUT2D eigenvalue weighted by Gasteiger charge is 2.13. The Hall–Kier alpha value is -3.20. The molecule has 1 N–H and O–H groups in total. The maximum atomic E-state index is 13.8. The van der Waals surface area contributed by atoms with Gasteiger partial charge in [0, 0.05) is 5.69 Å². The van der Waals surface area contributed by atoms with E-state index in [2.05, 4.69) is 5.32 Å². The van der Waals surface area contributed by atoms with E-state index in [0.717, 1.165) is 6.07 Å². The zero-order valence-electron chi connectivity index (χ0n) is 13.2. The van der Waals surface area contributed by atoms with E-state index in [4.69, 9.17) is 10.00 Å². The third-order valence-corrected chi connectivity index (χ3v) is 3.06. The minimum absolute atomic E-state index is 0.136. The zero-order valence-corrected chi connectivity index (χ0v) is 13.2. The summed E-state index contributed by atoms with van der Waals surface area (Å²) in [6.07, 6.45) is -0.226. The van der Waals surface area contributed by atoms with Crippen molar-refractivity contribution in [2.45, 2.75) is 20.0 Å². The lowest BCUT2D eigenvalue weighted by Crippen LogP contribution is -2.14. The molecule has 0 saturated carbocycles. The van der Waals surface area contributed by atoms with Crippen LogP contribution in [0.4, 0.5) is 10.1 Å². The van der Waals surface area contributed by atoms with Gasteiger partial charge in [-0.3, -0.25) is 4.79 Å². The van der Waals surface area contributed by atoms with Crippen LogP contribution in [-0.2, 0) is 4.74 Å². The van der Waals surface area contributed by atoms with E-state index in [1.54, 1.807) is 19.9 Å². The van der Waals surface area contributed by atoms with Gasteiger partial charge in [-0.05, 0) is 56.3 Å². The van der Waals surface area contributed by atoms with Crippen LogP contribution in [0.3, 0.4) is 0 Å². The second-order valence-corrected chi connectivity index (χ2v) is 5.29. The maximum absolute atomic E-state index is 13.8. The van der Waals surface area contributed by atoms with Crippen molar-refractivity contribution in [3.05, 3.63) is 65.0 Å². The van der Waals surface area contributed by atoms with Crippen molar-refractivity contribution in [3.8, 4) is 6.07 Å². The van der Waals surface area contributed by atoms with Crippen molar-refractivity contribution in [1.82, 2.24) is 0 Å². The van der Waals surface area contributed by atoms with Crippen LogP contribution < -0.4 is 5.32 Å². The minimum Gasteiger partial charge on any atom is -0.459 e. The normalized spacial score (nSPS) is 10.1. The molecule has 0 fully saturated rings. The van der Waals surface area contributed by atoms with Crippen molar-refractivity contribution in [3.63, 3.8) is 0 Å². The number of carbonyl (C=O) groups excluding carboxylic acids is 2. The topological polar surface area (TPSA) is 79.2 Å². The highest BCUT2D eigenvalue weighted by atomic mass is 19.1. The Morgan fingerprint density at radius 2 is 1.83 bits per heavy atom. The first kappa shape index (κ1) is 17.2. The van der Waals surface area contributed by atoms with E-state index in [0.29, 0.717) is 11.3 Å². The van der Waals surface area contributed by atoms with Crippen molar-refractivity contribution < 1.29 is 18.7 Å². The summed E-state index contributed by atoms with van der Waals surface area (Å²) in [5, 5.41) is 11.2. The molecule has 6 heteroatoms. The Morgan fingerprint density at radius 1 is 1.17 bits per heavy atom. The molecular weight excluding hydrogens is 311 g/mol. The molecule has 2 aromatic rings. The zero-order chi connectivity index (χ0) is 17.7. The molecule has 5 nitrogen and oxygen atoms in total. The molecule has 2 rings (SSSR count). The van der Waals surface area contributed by atoms with Crippen LogP contribution in [0.5, 0.6) is 0 Å². The molecule has 0 radical (unpaired) electrons. The van der Waals surface area contributed by atoms with Crippen molar-refractivity contribution >= 4 is 17.6 Å². The monoisotopic (exact) mass is 326 g/mol. The Balaban J connectivity index is 2.10. The summed E-state index contributed by atoms with van der Waals surface area (Å²) in [4.78, 5) is 23.8. The van der Waals surface area contributed by atoms with Gasteiger partial charge >= 0.3 is 5.97 Å². The van der Waals surface area contributed by atoms with Crippen molar-refractivity contribution in [2.75, 3.05) is 5.32 Å². The molecule has 0 spiro atoms. The van der Waals surface area contributed by atoms with Crippen LogP contribution >= 0.6 is 0 Å². The fraction of sp³-hybridized carbons (Fsp3) is 0.167. The average molecular weight is 326 g/mol. The molecule has 0 atom stereocenters. The number of nitrogens with one attached hydrogen (secondary N) is 1. The SMILES string of the molecule is CC(C)OC(=O)c1ccc(NC(=O)c2ccc(C#N)cc2F)cc1. The van der Waals surface area contributed by atoms with Gasteiger partial charge < -0.3 is 10.1 Å². The summed E-state index contributed by atoms with van der Waals surface area (Å²) in [5.74, 6) is -1.88. The third-order valence-electron chi connectivity index (χ3n) is 3.06. The molecule has 2 aromatic carbocycles. The van der Waals surface area contributed by atoms with Gasteiger partial charge in [0.2, 0.25) is 0 Å². The predicted octanol–water partition coefficient (Wildman–Crippen LogP) is 3.51. The highest BCUT2D eigenvalue weighted by Crippen LogP contribution is 2.15. The van der Waals surface area contributed by atoms with Gasteiger partial charge in [0.1, 0.15) is 5.82 Å². The molecule has 0 aliphatic carbocycles. The summed E-state index contributed by atoms with van der Waals surface area (Å²) < 4.78 is 18.9. The van der Waals surface area contributed by atoms with Crippen LogP contribution in [0.15, 0.2) is 42.5 Å². The quantitative estimate of drug-likeness (QED) is 0.872. The lowest BCUT2D eigenvalue weighted by Gasteiger charge is -2.09. The molecular formula is C18H15FN2O3. The van der Waals surface area contributed by atoms with E-state index in [1.807, 2.05) is 0 Å². The van der Waals surface area contributed by atoms with Gasteiger partial charge in [-0.25, -0.2) is 9.18 Å². The van der Waals surface area contributed by atoms with E-state index >= 15 is 0 Å². The van der Waals surface area contributed by atoms with Crippen LogP contribution in [-0.4, -0.2) is 18.0 Å². The fourth-order valence-corrected chi connectivity index (χ4v) is 1.94. The number of nitriles is 1. The molecule has 24 heavy (non-hydrogen) atoms. The second-order valence-electron chi connectivity index (χ2n) is 5.29. The summed E-state index contributed by atoms with van der Waals surface area (Å²) in [7, 11) is 0. The van der Waals surface area contributed by atoms with Gasteiger partial charge in [0.05, 0.1) is 28.9 Å². The van der Waals surface area contributed by atoms with E-state index in [-0.39, 0.29) is 17.2 Å². The number of rotatable bonds is 4. The van der Waals surface area contributed by atoms with E-state index in [1.165, 1.54) is 36.4 Å². The van der Waals surface area contributed by atoms with E-state index in [9.17, 15) is 14.0 Å². The highest BCUT2D eigenvalue weighted by molar-refractivity contribution is 6.04. The number of carbonyl (C=O) groups is 2. The first-order valence-electron chi connectivity index (χ1n) is 7.22. The first-order chi connectivity index (χ1) is 11.4. The van der Waals surface area contributed by atoms with Crippen molar-refractivity contribution in [1.29, 1.82) is 5.26 Å². The van der Waals surface area contributed by atoms with E-state index < -0.39 is 17.7 Å². The molecule has 0 unspecified atom stereocenters. The number of esters is 1. The van der Waals surface area contributed by atoms with Gasteiger partial charge in [0.25, 0.3) is 5.91 Å². The summed E-state index contributed by atoms with van der Waals surface area (Å²) in [5.41, 5.74) is 0.727. The summed E-state index contributed by atoms with van der Waals surface area (Å²) in [6.45, 7) is 3.50. The molecule has 0 heterocycles. The molecule has 122 valence electrons. The van der Waals surface area contributed by atoms with Gasteiger partial charge in [0.15, 0.2) is 0 Å². The smallest absolute Gasteiger partial charge is 0.338 e. The first-order valence-corrected chi connectivity index (χ1v) is 7.22. The van der Waals surface area contributed by atoms with Crippen LogP contribution in [0, 0.1) is 17.1 Å². The molecule has 0 saturated heterocycles. The lowest BCUT2D eigenvalue weighted by molar-refractivity contribution is 0.0378. The maximum Gasteiger partial charge on any atom is 0.338 e. The second kappa shape index (κ2) is 7.38. The number of benzene rings is 2. The Morgan fingerprint density at radius 3 is 2.38 bits per heavy atom. The van der Waals surface area contributed by atoms with Gasteiger partial charge in [-0.2, -0.15) is 5.26 Å². The molecule has 0 aliphatic rings. The molecule has 0 aromatic heterocycles. The Labute approximate surface area is 138 Å². The number of ether oxygens (including phenoxy) is 1. The number of halogens is 1. The van der Waals surface area contributed by atoms with Crippen LogP contribution in [0.25, 0.3) is 0 Å². The number of nitrogens with zero attached hydrogens (tertiary/aromatic N) is 1. The molecule has 0 aliphatic heterocycles. The average Bonchev–Trinajstić information content (AvgIpc) is 2.54. The largest absolute Gasteiger partial charge is 0.459 e. The predicted molar refractivity (Wildman–Crippen MR) is 86.1 cm³/mol. The Bertz CT molecular complexity index is 808. The molecule has 1 amide bonds. The number of anilines is 1. The summed E-state index contributed by atoms with van der Waals surface area (Å²) >= 11 is 0. The third kappa shape index (κ3) is 4.17. The van der Waals surface area contributed by atoms with Gasteiger partial charge in [-0.1, -0.05) is 0 Å². The molecule has 0 bridgehead atoms. The minimum atomic E-state index is -0.774. The van der Waals surface area contributed by atoms with Crippen LogP contribution in [0.2, 0.25) is 0 Å². The summed E-state index contributed by atoms with van der Waals surface area (Å²) in [6, 6.07) is 11.5. The lowest BCUT2D eigenvalue weighted by atomic mass is 10.1. The van der Waals surface area contributed by atoms with Crippen LogP contribution in [0.1, 0.15) is 40.1 Å². The Kier molecular flexibility index (Phi) is 5.27. The number of amides is 1.